The Kier molecular flexibility index (Phi) is 12.2. The van der Waals surface area contributed by atoms with Gasteiger partial charge in [-0.25, -0.2) is 0 Å². The van der Waals surface area contributed by atoms with Gasteiger partial charge in [0.25, 0.3) is 0 Å². The van der Waals surface area contributed by atoms with Crippen LogP contribution < -0.4 is 0 Å². The third kappa shape index (κ3) is 7.34. The summed E-state index contributed by atoms with van der Waals surface area (Å²) >= 11 is 5.21. The highest BCUT2D eigenvalue weighted by Gasteiger charge is 2.60. The molecule has 12 rings (SSSR count). The maximum Gasteiger partial charge on any atom is 0.0132 e. The minimum Gasteiger partial charge on any atom is -0.294 e. The quantitative estimate of drug-likeness (QED) is 0.263. The van der Waals surface area contributed by atoms with Gasteiger partial charge in [-0.1, -0.05) is 96.3 Å². The van der Waals surface area contributed by atoms with Crippen LogP contribution in [0.25, 0.3) is 0 Å². The smallest absolute Gasteiger partial charge is 0.0132 e. The number of fused-ring (bicyclic) bond motifs is 10. The van der Waals surface area contributed by atoms with Crippen LogP contribution in [0.5, 0.6) is 0 Å². The summed E-state index contributed by atoms with van der Waals surface area (Å²) in [6, 6.07) is 2.79. The first kappa shape index (κ1) is 40.2. The molecule has 0 aromatic heterocycles. The molecule has 0 amide bonds. The van der Waals surface area contributed by atoms with E-state index in [4.69, 9.17) is 0 Å². The van der Waals surface area contributed by atoms with Crippen molar-refractivity contribution in [3.05, 3.63) is 0 Å². The van der Waals surface area contributed by atoms with Crippen LogP contribution in [0.1, 0.15) is 218 Å². The summed E-state index contributed by atoms with van der Waals surface area (Å²) in [5, 5.41) is 4.19. The number of hydrogen-bond acceptors (Lipinski definition) is 3. The van der Waals surface area contributed by atoms with Crippen molar-refractivity contribution in [2.24, 2.45) is 82.9 Å². The van der Waals surface area contributed by atoms with Crippen LogP contribution in [0.4, 0.5) is 0 Å². The molecule has 0 radical (unpaired) electrons. The zero-order valence-corrected chi connectivity index (χ0v) is 39.1. The monoisotopic (exact) mass is 828 g/mol. The standard InChI is InChI=1S/C55H89NS2/c1-3-12-35(13-4-1)36-24-28-39(29-25-36)56(50-22-11-20-44-43-19-9-17-41(48(43)34-49(44)50)37-14-5-2-6-15-37)40-30-26-38(27-31-40)42-18-10-21-45-46-32-33-52-53(55(46)58-54(42)45)47-16-7-8-23-51(47)57-52/h35-55H,1-34H2. The van der Waals surface area contributed by atoms with Crippen LogP contribution in [0.3, 0.4) is 0 Å². The van der Waals surface area contributed by atoms with E-state index in [0.717, 1.165) is 122 Å². The Morgan fingerprint density at radius 3 is 1.57 bits per heavy atom. The zero-order chi connectivity index (χ0) is 38.2. The van der Waals surface area contributed by atoms with E-state index in [9.17, 15) is 0 Å². The molecule has 2 aliphatic heterocycles. The van der Waals surface area contributed by atoms with Crippen molar-refractivity contribution >= 4 is 23.5 Å². The van der Waals surface area contributed by atoms with Crippen molar-refractivity contribution in [1.82, 2.24) is 4.90 Å². The molecule has 0 bridgehead atoms. The Morgan fingerprint density at radius 1 is 0.276 bits per heavy atom. The third-order valence-electron chi connectivity index (χ3n) is 22.6. The second kappa shape index (κ2) is 17.6. The fourth-order valence-corrected chi connectivity index (χ4v) is 25.2. The average Bonchev–Trinajstić information content (AvgIpc) is 3.99. The molecule has 12 aliphatic rings. The summed E-state index contributed by atoms with van der Waals surface area (Å²) in [6.07, 6.45) is 53.7. The largest absolute Gasteiger partial charge is 0.294 e. The molecule has 0 N–H and O–H groups in total. The van der Waals surface area contributed by atoms with E-state index < -0.39 is 0 Å². The summed E-state index contributed by atoms with van der Waals surface area (Å²) < 4.78 is 0. The lowest BCUT2D eigenvalue weighted by Gasteiger charge is -2.53. The molecule has 15 atom stereocenters. The molecule has 2 heterocycles. The van der Waals surface area contributed by atoms with Gasteiger partial charge in [0.2, 0.25) is 0 Å². The highest BCUT2D eigenvalue weighted by molar-refractivity contribution is 8.02. The highest BCUT2D eigenvalue weighted by Crippen LogP contribution is 2.66. The molecule has 10 saturated carbocycles. The minimum absolute atomic E-state index is 0.922. The van der Waals surface area contributed by atoms with Crippen molar-refractivity contribution in [3.8, 4) is 0 Å². The first-order valence-corrected chi connectivity index (χ1v) is 29.7. The SMILES string of the molecule is C1CCC(C2CCC(N(C3CCC(C4CCCC5C6CCC7SC8CCCCC8C7C6SC45)CC3)C3CCCC4C5CCCC(C6CCCCC6)C5CC43)CC2)CC1. The van der Waals surface area contributed by atoms with Crippen LogP contribution in [-0.4, -0.2) is 44.0 Å². The molecule has 0 spiro atoms. The summed E-state index contributed by atoms with van der Waals surface area (Å²) in [5.41, 5.74) is 0. The lowest BCUT2D eigenvalue weighted by molar-refractivity contribution is -0.0340. The van der Waals surface area contributed by atoms with E-state index >= 15 is 0 Å². The van der Waals surface area contributed by atoms with Crippen LogP contribution >= 0.6 is 23.5 Å². The van der Waals surface area contributed by atoms with E-state index in [1.54, 1.807) is 199 Å². The molecule has 2 saturated heterocycles. The van der Waals surface area contributed by atoms with Crippen molar-refractivity contribution in [2.75, 3.05) is 0 Å². The summed E-state index contributed by atoms with van der Waals surface area (Å²) in [6.45, 7) is 0. The lowest BCUT2D eigenvalue weighted by atomic mass is 9.62. The second-order valence-electron chi connectivity index (χ2n) is 24.7. The number of nitrogens with zero attached hydrogens (tertiary/aromatic N) is 1. The van der Waals surface area contributed by atoms with Gasteiger partial charge < -0.3 is 0 Å². The van der Waals surface area contributed by atoms with Gasteiger partial charge in [-0.05, 0) is 205 Å². The molecule has 326 valence electrons. The van der Waals surface area contributed by atoms with Crippen molar-refractivity contribution in [2.45, 2.75) is 257 Å². The Labute approximate surface area is 366 Å². The summed E-state index contributed by atoms with van der Waals surface area (Å²) in [7, 11) is 0. The molecule has 15 unspecified atom stereocenters. The van der Waals surface area contributed by atoms with Gasteiger partial charge in [-0.15, -0.1) is 0 Å². The first-order valence-electron chi connectivity index (χ1n) is 27.8. The van der Waals surface area contributed by atoms with E-state index in [0.29, 0.717) is 0 Å². The van der Waals surface area contributed by atoms with Crippen LogP contribution in [0.15, 0.2) is 0 Å². The van der Waals surface area contributed by atoms with Crippen molar-refractivity contribution in [1.29, 1.82) is 0 Å². The topological polar surface area (TPSA) is 3.24 Å². The average molecular weight is 828 g/mol. The molecule has 58 heavy (non-hydrogen) atoms. The molecule has 0 aromatic rings. The molecule has 10 aliphatic carbocycles. The predicted octanol–water partition coefficient (Wildman–Crippen LogP) is 15.4. The Hall–Kier alpha value is 0.660. The van der Waals surface area contributed by atoms with E-state index in [1.165, 1.54) is 19.3 Å². The second-order valence-corrected chi connectivity index (χ2v) is 27.5. The molecule has 1 nitrogen and oxygen atoms in total. The van der Waals surface area contributed by atoms with Crippen LogP contribution in [-0.2, 0) is 0 Å². The van der Waals surface area contributed by atoms with Crippen LogP contribution in [0.2, 0.25) is 0 Å². The number of hydrogen-bond donors (Lipinski definition) is 0. The van der Waals surface area contributed by atoms with Crippen molar-refractivity contribution in [3.63, 3.8) is 0 Å². The summed E-state index contributed by atoms with van der Waals surface area (Å²) in [5.74, 6) is 15.3. The van der Waals surface area contributed by atoms with Crippen molar-refractivity contribution < 1.29 is 0 Å². The lowest BCUT2D eigenvalue weighted by Crippen LogP contribution is -2.56. The Balaban J connectivity index is 0.762. The maximum atomic E-state index is 3.50. The van der Waals surface area contributed by atoms with Gasteiger partial charge >= 0.3 is 0 Å². The molecule has 12 fully saturated rings. The molecular weight excluding hydrogens is 739 g/mol. The maximum absolute atomic E-state index is 3.50. The fourth-order valence-electron chi connectivity index (χ4n) is 20.4. The number of thioether (sulfide) groups is 2. The summed E-state index contributed by atoms with van der Waals surface area (Å²) in [4.78, 5) is 3.50. The number of rotatable bonds is 6. The van der Waals surface area contributed by atoms with Gasteiger partial charge in [0.15, 0.2) is 0 Å². The Morgan fingerprint density at radius 2 is 0.810 bits per heavy atom. The minimum atomic E-state index is 0.922. The zero-order valence-electron chi connectivity index (χ0n) is 37.4. The van der Waals surface area contributed by atoms with E-state index in [2.05, 4.69) is 28.4 Å². The van der Waals surface area contributed by atoms with Gasteiger partial charge in [0, 0.05) is 39.1 Å². The first-order chi connectivity index (χ1) is 28.8. The normalized spacial score (nSPS) is 52.6. The molecule has 3 heteroatoms. The Bertz CT molecular complexity index is 1350. The predicted molar refractivity (Wildman–Crippen MR) is 249 cm³/mol. The third-order valence-corrected chi connectivity index (χ3v) is 26.5. The fraction of sp³-hybridized carbons (Fsp3) is 1.00. The van der Waals surface area contributed by atoms with Gasteiger partial charge in [0.05, 0.1) is 0 Å². The van der Waals surface area contributed by atoms with E-state index in [-0.39, 0.29) is 0 Å². The van der Waals surface area contributed by atoms with Gasteiger partial charge in [0.1, 0.15) is 0 Å². The van der Waals surface area contributed by atoms with E-state index in [1.807, 2.05) is 0 Å². The molecule has 0 aromatic carbocycles. The van der Waals surface area contributed by atoms with Crippen LogP contribution in [0, 0.1) is 82.9 Å². The highest BCUT2D eigenvalue weighted by atomic mass is 32.2. The van der Waals surface area contributed by atoms with Gasteiger partial charge in [-0.2, -0.15) is 23.5 Å². The molecular formula is C55H89NS2. The van der Waals surface area contributed by atoms with Gasteiger partial charge in [-0.3, -0.25) is 4.90 Å².